The molecular weight excluding hydrogens is 1210 g/mol. The summed E-state index contributed by atoms with van der Waals surface area (Å²) < 4.78 is 167. The molecule has 6 fully saturated rings. The van der Waals surface area contributed by atoms with Crippen LogP contribution in [0.1, 0.15) is 128 Å². The summed E-state index contributed by atoms with van der Waals surface area (Å²) in [6.07, 6.45) is 3.51. The molecule has 6 saturated carbocycles. The Morgan fingerprint density at radius 2 is 0.444 bits per heavy atom. The van der Waals surface area contributed by atoms with Gasteiger partial charge in [-0.2, -0.15) is 0 Å². The van der Waals surface area contributed by atoms with E-state index in [1.165, 1.54) is 36.4 Å². The molecule has 6 aliphatic rings. The zero-order chi connectivity index (χ0) is 66.0. The van der Waals surface area contributed by atoms with Gasteiger partial charge in [0.2, 0.25) is 0 Å². The van der Waals surface area contributed by atoms with E-state index in [9.17, 15) is 81.5 Å². The molecule has 0 aliphatic heterocycles. The van der Waals surface area contributed by atoms with Crippen LogP contribution in [0.3, 0.4) is 0 Å². The van der Waals surface area contributed by atoms with E-state index in [2.05, 4.69) is 0 Å². The lowest BCUT2D eigenvalue weighted by Gasteiger charge is -2.02. The molecule has 12 nitrogen and oxygen atoms in total. The van der Waals surface area contributed by atoms with E-state index in [0.717, 1.165) is 72.8 Å². The summed E-state index contributed by atoms with van der Waals surface area (Å²) in [7, 11) is 0. The van der Waals surface area contributed by atoms with Crippen molar-refractivity contribution in [3.05, 3.63) is 212 Å². The summed E-state index contributed by atoms with van der Waals surface area (Å²) in [5, 5.41) is 25.9. The summed E-state index contributed by atoms with van der Waals surface area (Å²) in [6, 6.07) is 21.9. The third kappa shape index (κ3) is 18.5. The number of carboxylic acids is 3. The molecular formula is C66H60F12O12. The Bertz CT molecular complexity index is 3250. The Balaban J connectivity index is 0.000000154. The molecule has 6 aromatic rings. The maximum atomic E-state index is 13.0. The van der Waals surface area contributed by atoms with Crippen molar-refractivity contribution >= 4 is 35.8 Å². The second kappa shape index (κ2) is 30.2. The molecule has 0 radical (unpaired) electrons. The maximum absolute atomic E-state index is 13.0. The number of esters is 3. The number of carbonyl (C=O) groups is 6. The first-order chi connectivity index (χ1) is 42.7. The number of carboxylic acid groups (broad SMARTS) is 3. The molecule has 0 saturated heterocycles. The quantitative estimate of drug-likeness (QED) is 0.0502. The van der Waals surface area contributed by atoms with Gasteiger partial charge in [0.05, 0.1) is 55.3 Å². The fourth-order valence-electron chi connectivity index (χ4n) is 10.2. The third-order valence-electron chi connectivity index (χ3n) is 15.7. The van der Waals surface area contributed by atoms with Gasteiger partial charge in [0.15, 0.2) is 69.8 Å². The highest BCUT2D eigenvalue weighted by Gasteiger charge is 2.49. The number of ether oxygens (including phenoxy) is 3. The second-order valence-corrected chi connectivity index (χ2v) is 22.0. The smallest absolute Gasteiger partial charge is 0.309 e. The standard InChI is InChI=1S/3C12H12F2O2.3C10H8F2O2/c3*1-2-16-12(15)9-6-8(9)7-3-4-10(13)11(14)5-7;3*11-8-2-1-5(3-9(8)12)6-4-7(6)10(13)14/h3*3-5,8-9H,2,6H2,1H3;3*1-3,6-7H,4H2,(H,13,14)/t8-,9+;2*8-,9-;6-,7+;2*6-,7-/m110110/s1. The Labute approximate surface area is 507 Å². The third-order valence-corrected chi connectivity index (χ3v) is 15.7. The van der Waals surface area contributed by atoms with E-state index in [1.807, 2.05) is 0 Å². The highest BCUT2D eigenvalue weighted by atomic mass is 19.2. The maximum Gasteiger partial charge on any atom is 0.309 e. The van der Waals surface area contributed by atoms with Crippen LogP contribution in [-0.2, 0) is 43.0 Å². The van der Waals surface area contributed by atoms with Crippen molar-refractivity contribution in [2.24, 2.45) is 35.5 Å². The molecule has 480 valence electrons. The lowest BCUT2D eigenvalue weighted by atomic mass is 10.1. The first-order valence-electron chi connectivity index (χ1n) is 28.6. The number of benzene rings is 6. The van der Waals surface area contributed by atoms with Crippen molar-refractivity contribution in [1.82, 2.24) is 0 Å². The minimum atomic E-state index is -0.918. The molecule has 6 aliphatic carbocycles. The molecule has 0 unspecified atom stereocenters. The second-order valence-electron chi connectivity index (χ2n) is 22.0. The van der Waals surface area contributed by atoms with Crippen LogP contribution in [0.25, 0.3) is 0 Å². The van der Waals surface area contributed by atoms with Crippen LogP contribution < -0.4 is 0 Å². The van der Waals surface area contributed by atoms with E-state index in [0.29, 0.717) is 91.7 Å². The zero-order valence-corrected chi connectivity index (χ0v) is 48.2. The Morgan fingerprint density at radius 1 is 0.289 bits per heavy atom. The first kappa shape index (κ1) is 68.8. The number of hydrogen-bond donors (Lipinski definition) is 3. The molecule has 0 amide bonds. The molecule has 0 bridgehead atoms. The van der Waals surface area contributed by atoms with Crippen molar-refractivity contribution in [1.29, 1.82) is 0 Å². The Hall–Kier alpha value is -8.70. The number of aliphatic carboxylic acids is 3. The van der Waals surface area contributed by atoms with Crippen LogP contribution >= 0.6 is 0 Å². The number of hydrogen-bond acceptors (Lipinski definition) is 9. The van der Waals surface area contributed by atoms with Gasteiger partial charge in [0.1, 0.15) is 0 Å². The van der Waals surface area contributed by atoms with E-state index >= 15 is 0 Å². The molecule has 12 rings (SSSR count). The van der Waals surface area contributed by atoms with Gasteiger partial charge in [-0.3, -0.25) is 28.8 Å². The Morgan fingerprint density at radius 3 is 0.578 bits per heavy atom. The van der Waals surface area contributed by atoms with E-state index in [1.54, 1.807) is 20.8 Å². The van der Waals surface area contributed by atoms with Gasteiger partial charge in [-0.05, 0) is 201 Å². The van der Waals surface area contributed by atoms with E-state index in [4.69, 9.17) is 29.5 Å². The van der Waals surface area contributed by atoms with Crippen molar-refractivity contribution < 1.29 is 111 Å². The monoisotopic (exact) mass is 1270 g/mol. The summed E-state index contributed by atoms with van der Waals surface area (Å²) >= 11 is 0. The summed E-state index contributed by atoms with van der Waals surface area (Å²) in [6.45, 7) is 6.27. The summed E-state index contributed by atoms with van der Waals surface area (Å²) in [5.41, 5.74) is 3.69. The highest BCUT2D eigenvalue weighted by Crippen LogP contribution is 2.52. The number of rotatable bonds is 15. The first-order valence-corrected chi connectivity index (χ1v) is 28.6. The fourth-order valence-corrected chi connectivity index (χ4v) is 10.2. The minimum Gasteiger partial charge on any atom is -0.481 e. The average Bonchev–Trinajstić information content (AvgIpc) is 1.75. The van der Waals surface area contributed by atoms with Crippen LogP contribution in [0.15, 0.2) is 109 Å². The molecule has 24 heteroatoms. The predicted octanol–water partition coefficient (Wildman–Crippen LogP) is 14.4. The molecule has 3 N–H and O–H groups in total. The average molecular weight is 1270 g/mol. The Kier molecular flexibility index (Phi) is 23.1. The van der Waals surface area contributed by atoms with Gasteiger partial charge in [-0.15, -0.1) is 0 Å². The lowest BCUT2D eigenvalue weighted by Crippen LogP contribution is -2.07. The zero-order valence-electron chi connectivity index (χ0n) is 48.2. The molecule has 90 heavy (non-hydrogen) atoms. The minimum absolute atomic E-state index is 0.0193. The normalized spacial score (nSPS) is 23.8. The van der Waals surface area contributed by atoms with Gasteiger partial charge >= 0.3 is 35.8 Å². The van der Waals surface area contributed by atoms with Crippen LogP contribution in [0.5, 0.6) is 0 Å². The molecule has 12 atom stereocenters. The van der Waals surface area contributed by atoms with Crippen LogP contribution in [0, 0.1) is 105 Å². The molecule has 0 spiro atoms. The predicted molar refractivity (Wildman–Crippen MR) is 296 cm³/mol. The van der Waals surface area contributed by atoms with Crippen LogP contribution in [0.4, 0.5) is 52.7 Å². The van der Waals surface area contributed by atoms with Gasteiger partial charge in [0.25, 0.3) is 0 Å². The topological polar surface area (TPSA) is 191 Å². The van der Waals surface area contributed by atoms with Gasteiger partial charge in [-0.25, -0.2) is 52.7 Å². The molecule has 0 aromatic heterocycles. The van der Waals surface area contributed by atoms with Crippen molar-refractivity contribution in [2.45, 2.75) is 94.8 Å². The van der Waals surface area contributed by atoms with Crippen molar-refractivity contribution in [3.63, 3.8) is 0 Å². The van der Waals surface area contributed by atoms with Crippen LogP contribution in [0.2, 0.25) is 0 Å². The summed E-state index contributed by atoms with van der Waals surface area (Å²) in [5.74, 6) is -16.4. The highest BCUT2D eigenvalue weighted by molar-refractivity contribution is 5.79. The summed E-state index contributed by atoms with van der Waals surface area (Å²) in [4.78, 5) is 65.6. The van der Waals surface area contributed by atoms with Crippen molar-refractivity contribution in [2.75, 3.05) is 19.8 Å². The van der Waals surface area contributed by atoms with E-state index in [-0.39, 0.29) is 71.2 Å². The van der Waals surface area contributed by atoms with Gasteiger partial charge in [0, 0.05) is 0 Å². The largest absolute Gasteiger partial charge is 0.481 e. The van der Waals surface area contributed by atoms with E-state index < -0.39 is 105 Å². The molecule has 6 aromatic carbocycles. The van der Waals surface area contributed by atoms with Crippen molar-refractivity contribution in [3.8, 4) is 0 Å². The van der Waals surface area contributed by atoms with Crippen LogP contribution in [-0.4, -0.2) is 71.0 Å². The fraction of sp³-hybridized carbons (Fsp3) is 0.364. The molecule has 0 heterocycles. The number of halogens is 12. The number of carbonyl (C=O) groups excluding carboxylic acids is 3. The van der Waals surface area contributed by atoms with Gasteiger partial charge in [-0.1, -0.05) is 36.4 Å². The SMILES string of the molecule is CCOC(=O)[C@@H]1C[C@@H]1c1ccc(F)c(F)c1.CCOC(=O)[C@H]1C[C@@H]1c1ccc(F)c(F)c1.CCOC(=O)[C@H]1C[C@H]1c1ccc(F)c(F)c1.O=C(O)[C@@H]1C[C@@H]1c1ccc(F)c(F)c1.O=C(O)[C@H]1C[C@@H]1c1ccc(F)c(F)c1.O=C(O)[C@H]1C[C@H]1c1ccc(F)c(F)c1. The van der Waals surface area contributed by atoms with Gasteiger partial charge < -0.3 is 29.5 Å². The lowest BCUT2D eigenvalue weighted by molar-refractivity contribution is -0.145.